The van der Waals surface area contributed by atoms with Gasteiger partial charge in [-0.05, 0) is 68.4 Å². The molecule has 2 saturated heterocycles. The van der Waals surface area contributed by atoms with Crippen LogP contribution in [0.1, 0.15) is 42.6 Å². The topological polar surface area (TPSA) is 78.8 Å². The minimum Gasteiger partial charge on any atom is -0.379 e. The molecule has 3 aromatic rings. The Balaban J connectivity index is 1.06. The van der Waals surface area contributed by atoms with E-state index >= 15 is 0 Å². The molecule has 2 bridgehead atoms. The van der Waals surface area contributed by atoms with E-state index in [0.717, 1.165) is 87.0 Å². The highest BCUT2D eigenvalue weighted by atomic mass is 16.5. The van der Waals surface area contributed by atoms with Gasteiger partial charge >= 0.3 is 0 Å². The molecule has 2 aliphatic heterocycles. The van der Waals surface area contributed by atoms with E-state index in [4.69, 9.17) is 9.72 Å². The van der Waals surface area contributed by atoms with Gasteiger partial charge in [-0.25, -0.2) is 4.98 Å². The summed E-state index contributed by atoms with van der Waals surface area (Å²) < 4.78 is 7.73. The SMILES string of the molecule is CN(C)C(=O)c1cc2cnc(Nc3ccc(N4CCC(N5CCOCC5)CC4)cc3)nc2n1C12CC(C1)C2. The molecule has 1 N–H and O–H groups in total. The molecule has 9 nitrogen and oxygen atoms in total. The smallest absolute Gasteiger partial charge is 0.270 e. The lowest BCUT2D eigenvalue weighted by Crippen LogP contribution is -2.60. The molecule has 0 unspecified atom stereocenters. The van der Waals surface area contributed by atoms with Crippen LogP contribution in [0.15, 0.2) is 36.5 Å². The molecule has 1 aromatic carbocycles. The standard InChI is InChI=1S/C29H37N7O2/c1-33(2)27(37)25-15-21-19-30-28(32-26(21)36(25)29-16-20(17-29)18-29)31-22-3-5-23(6-4-22)34-9-7-24(8-10-34)35-11-13-38-14-12-35/h3-6,15,19-20,24H,7-14,16-18H2,1-2H3,(H,30,31,32). The summed E-state index contributed by atoms with van der Waals surface area (Å²) in [4.78, 5) is 29.2. The van der Waals surface area contributed by atoms with E-state index in [-0.39, 0.29) is 11.4 Å². The summed E-state index contributed by atoms with van der Waals surface area (Å²) >= 11 is 0. The van der Waals surface area contributed by atoms with Gasteiger partial charge in [0, 0.05) is 74.8 Å². The van der Waals surface area contributed by atoms with Crippen LogP contribution in [0.2, 0.25) is 0 Å². The molecule has 2 aromatic heterocycles. The van der Waals surface area contributed by atoms with Crippen LogP contribution < -0.4 is 10.2 Å². The van der Waals surface area contributed by atoms with Crippen molar-refractivity contribution in [3.05, 3.63) is 42.2 Å². The predicted molar refractivity (Wildman–Crippen MR) is 148 cm³/mol. The van der Waals surface area contributed by atoms with E-state index in [2.05, 4.69) is 48.9 Å². The zero-order valence-corrected chi connectivity index (χ0v) is 22.4. The number of ether oxygens (including phenoxy) is 1. The van der Waals surface area contributed by atoms with E-state index in [9.17, 15) is 4.79 Å². The van der Waals surface area contributed by atoms with Crippen LogP contribution in [-0.4, -0.2) is 89.8 Å². The predicted octanol–water partition coefficient (Wildman–Crippen LogP) is 3.69. The second kappa shape index (κ2) is 9.24. The number of aromatic nitrogens is 3. The molecule has 1 amide bonds. The third kappa shape index (κ3) is 4.03. The molecular weight excluding hydrogens is 478 g/mol. The van der Waals surface area contributed by atoms with Crippen LogP contribution in [0.4, 0.5) is 17.3 Å². The molecule has 5 aliphatic rings. The molecular formula is C29H37N7O2. The highest BCUT2D eigenvalue weighted by Gasteiger charge is 2.59. The zero-order valence-electron chi connectivity index (χ0n) is 22.4. The average molecular weight is 516 g/mol. The van der Waals surface area contributed by atoms with Gasteiger partial charge < -0.3 is 24.4 Å². The van der Waals surface area contributed by atoms with Gasteiger partial charge in [-0.2, -0.15) is 4.98 Å². The van der Waals surface area contributed by atoms with Gasteiger partial charge in [-0.1, -0.05) is 0 Å². The Labute approximate surface area is 223 Å². The number of piperidine rings is 1. The van der Waals surface area contributed by atoms with Crippen molar-refractivity contribution in [3.8, 4) is 0 Å². The Hall–Kier alpha value is -3.17. The maximum absolute atomic E-state index is 13.0. The van der Waals surface area contributed by atoms with Crippen molar-refractivity contribution in [2.75, 3.05) is 63.7 Å². The van der Waals surface area contributed by atoms with Gasteiger partial charge in [-0.15, -0.1) is 0 Å². The second-order valence-corrected chi connectivity index (χ2v) is 11.8. The van der Waals surface area contributed by atoms with Crippen molar-refractivity contribution in [1.82, 2.24) is 24.3 Å². The van der Waals surface area contributed by atoms with Crippen LogP contribution in [0.25, 0.3) is 11.0 Å². The fourth-order valence-corrected chi connectivity index (χ4v) is 6.94. The summed E-state index contributed by atoms with van der Waals surface area (Å²) in [6, 6.07) is 11.2. The number of nitrogens with zero attached hydrogens (tertiary/aromatic N) is 6. The minimum absolute atomic E-state index is 0.0202. The summed E-state index contributed by atoms with van der Waals surface area (Å²) in [6.07, 6.45) is 7.67. The molecule has 3 saturated carbocycles. The van der Waals surface area contributed by atoms with Crippen molar-refractivity contribution in [1.29, 1.82) is 0 Å². The summed E-state index contributed by atoms with van der Waals surface area (Å²) in [5.74, 6) is 1.39. The van der Waals surface area contributed by atoms with Gasteiger partial charge in [-0.3, -0.25) is 9.69 Å². The van der Waals surface area contributed by atoms with Crippen molar-refractivity contribution in [2.45, 2.75) is 43.7 Å². The molecule has 0 radical (unpaired) electrons. The summed E-state index contributed by atoms with van der Waals surface area (Å²) in [7, 11) is 3.61. The number of benzene rings is 1. The lowest BCUT2D eigenvalue weighted by molar-refractivity contribution is -0.0870. The van der Waals surface area contributed by atoms with E-state index in [1.165, 1.54) is 18.5 Å². The van der Waals surface area contributed by atoms with Gasteiger partial charge in [0.2, 0.25) is 5.95 Å². The highest BCUT2D eigenvalue weighted by molar-refractivity contribution is 5.98. The van der Waals surface area contributed by atoms with Gasteiger partial charge in [0.15, 0.2) is 0 Å². The Kier molecular flexibility index (Phi) is 5.81. The Bertz CT molecular complexity index is 1320. The Morgan fingerprint density at radius 3 is 2.39 bits per heavy atom. The summed E-state index contributed by atoms with van der Waals surface area (Å²) in [5, 5.41) is 4.31. The summed E-state index contributed by atoms with van der Waals surface area (Å²) in [6.45, 7) is 6.04. The molecule has 0 spiro atoms. The maximum atomic E-state index is 13.0. The molecule has 200 valence electrons. The number of carbonyl (C=O) groups excluding carboxylic acids is 1. The van der Waals surface area contributed by atoms with Crippen molar-refractivity contribution in [3.63, 3.8) is 0 Å². The first-order chi connectivity index (χ1) is 18.5. The number of carbonyl (C=O) groups is 1. The van der Waals surface area contributed by atoms with Crippen molar-refractivity contribution in [2.24, 2.45) is 5.92 Å². The number of hydrogen-bond acceptors (Lipinski definition) is 7. The number of rotatable bonds is 6. The lowest BCUT2D eigenvalue weighted by Gasteiger charge is -2.62. The first-order valence-electron chi connectivity index (χ1n) is 14.0. The Morgan fingerprint density at radius 1 is 1.05 bits per heavy atom. The molecule has 5 fully saturated rings. The van der Waals surface area contributed by atoms with E-state index in [1.54, 1.807) is 19.0 Å². The molecule has 9 heteroatoms. The van der Waals surface area contributed by atoms with Crippen LogP contribution >= 0.6 is 0 Å². The second-order valence-electron chi connectivity index (χ2n) is 11.8. The van der Waals surface area contributed by atoms with Crippen molar-refractivity contribution >= 4 is 34.3 Å². The van der Waals surface area contributed by atoms with Gasteiger partial charge in [0.1, 0.15) is 11.3 Å². The third-order valence-electron chi connectivity index (χ3n) is 9.16. The maximum Gasteiger partial charge on any atom is 0.270 e. The van der Waals surface area contributed by atoms with Gasteiger partial charge in [0.05, 0.1) is 13.2 Å². The zero-order chi connectivity index (χ0) is 25.9. The lowest BCUT2D eigenvalue weighted by atomic mass is 9.49. The van der Waals surface area contributed by atoms with Crippen molar-refractivity contribution < 1.29 is 9.53 Å². The monoisotopic (exact) mass is 515 g/mol. The summed E-state index contributed by atoms with van der Waals surface area (Å²) in [5.41, 5.74) is 3.85. The van der Waals surface area contributed by atoms with Crippen LogP contribution in [-0.2, 0) is 10.3 Å². The molecule has 8 rings (SSSR count). The quantitative estimate of drug-likeness (QED) is 0.537. The molecule has 3 aliphatic carbocycles. The molecule has 0 atom stereocenters. The van der Waals surface area contributed by atoms with E-state index in [1.807, 2.05) is 12.3 Å². The Morgan fingerprint density at radius 2 is 1.76 bits per heavy atom. The number of morpholine rings is 1. The van der Waals surface area contributed by atoms with Crippen LogP contribution in [0.5, 0.6) is 0 Å². The number of hydrogen-bond donors (Lipinski definition) is 1. The van der Waals surface area contributed by atoms with Crippen LogP contribution in [0.3, 0.4) is 0 Å². The fourth-order valence-electron chi connectivity index (χ4n) is 6.94. The number of anilines is 3. The first kappa shape index (κ1) is 23.9. The average Bonchev–Trinajstić information content (AvgIpc) is 3.26. The number of amides is 1. The first-order valence-corrected chi connectivity index (χ1v) is 14.0. The van der Waals surface area contributed by atoms with E-state index < -0.39 is 0 Å². The largest absolute Gasteiger partial charge is 0.379 e. The molecule has 38 heavy (non-hydrogen) atoms. The fraction of sp³-hybridized carbons (Fsp3) is 0.552. The highest BCUT2D eigenvalue weighted by Crippen LogP contribution is 2.63. The van der Waals surface area contributed by atoms with E-state index in [0.29, 0.717) is 12.0 Å². The minimum atomic E-state index is 0.0202. The third-order valence-corrected chi connectivity index (χ3v) is 9.16. The normalized spacial score (nSPS) is 25.6. The van der Waals surface area contributed by atoms with Crippen LogP contribution in [0, 0.1) is 5.92 Å². The number of fused-ring (bicyclic) bond motifs is 1. The number of nitrogens with one attached hydrogen (secondary N) is 1. The molecule has 4 heterocycles. The van der Waals surface area contributed by atoms with Gasteiger partial charge in [0.25, 0.3) is 5.91 Å².